The van der Waals surface area contributed by atoms with E-state index in [-0.39, 0.29) is 27.7 Å². The van der Waals surface area contributed by atoms with Crippen molar-refractivity contribution in [3.05, 3.63) is 177 Å². The topological polar surface area (TPSA) is 89.7 Å². The monoisotopic (exact) mass is 1130 g/mol. The minimum Gasteiger partial charge on any atom is -0.437 e. The van der Waals surface area contributed by atoms with Gasteiger partial charge in [0.05, 0.1) is 16.7 Å². The molecule has 0 saturated heterocycles. The van der Waals surface area contributed by atoms with Crippen LogP contribution in [0.5, 0.6) is 0 Å². The molecule has 12 rings (SSSR count). The van der Waals surface area contributed by atoms with Crippen molar-refractivity contribution in [3.8, 4) is 33.8 Å². The number of aryl methyl sites for hydroxylation is 12. The summed E-state index contributed by atoms with van der Waals surface area (Å²) >= 11 is 0. The van der Waals surface area contributed by atoms with Crippen molar-refractivity contribution in [1.29, 1.82) is 0 Å². The van der Waals surface area contributed by atoms with E-state index < -0.39 is 37.3 Å². The normalized spacial score (nSPS) is 14.7. The second-order valence-electron chi connectivity index (χ2n) is 26.3. The number of nitrogens with zero attached hydrogens (tertiary/aromatic N) is 6. The Kier molecular flexibility index (Phi) is 12.5. The molecular weight excluding hydrogens is 1030 g/mol. The van der Waals surface area contributed by atoms with Crippen molar-refractivity contribution in [2.24, 2.45) is 37.4 Å². The molecule has 0 unspecified atom stereocenters. The van der Waals surface area contributed by atoms with E-state index in [1.54, 1.807) is 76.9 Å². The number of aromatic nitrogens is 6. The zero-order valence-electron chi connectivity index (χ0n) is 62.5. The number of benzene rings is 3. The molecule has 0 N–H and O–H groups in total. The van der Waals surface area contributed by atoms with Crippen LogP contribution in [-0.2, 0) is 40.3 Å². The highest BCUT2D eigenvalue weighted by Crippen LogP contribution is 2.41. The third-order valence-electron chi connectivity index (χ3n) is 15.2. The van der Waals surface area contributed by atoms with Crippen LogP contribution < -0.4 is 13.7 Å². The molecule has 84 heavy (non-hydrogen) atoms. The maximum atomic E-state index is 8.87. The lowest BCUT2D eigenvalue weighted by Gasteiger charge is -2.19. The van der Waals surface area contributed by atoms with Gasteiger partial charge in [0.25, 0.3) is 0 Å². The standard InChI is InChI=1S/3C25H29N2O/c2*1-15-8-10-19-20-11-9-17(3)26-24(20)28-23(19)22(15)21-12-18(13-25(4,5)6)16(2)14-27(21)7;1-15-8-10-19-20-11-9-17(3)26-24(20)28-23(19)22(15)21-12-16(2)18(14-27(21)7)13-25(4,5)6/h3*8-12,14H,13H2,1-7H3/q3*+1/i2*2D3,13D2;. The van der Waals surface area contributed by atoms with Gasteiger partial charge in [-0.05, 0) is 167 Å². The van der Waals surface area contributed by atoms with E-state index in [0.29, 0.717) is 39.7 Å². The van der Waals surface area contributed by atoms with Gasteiger partial charge in [0.2, 0.25) is 34.2 Å². The average molecular weight is 1130 g/mol. The van der Waals surface area contributed by atoms with Crippen LogP contribution in [0.2, 0.25) is 0 Å². The lowest BCUT2D eigenvalue weighted by molar-refractivity contribution is -0.661. The van der Waals surface area contributed by atoms with E-state index in [1.165, 1.54) is 34.8 Å². The summed E-state index contributed by atoms with van der Waals surface area (Å²) in [5.74, 6) is 0. The van der Waals surface area contributed by atoms with E-state index >= 15 is 0 Å². The molecule has 9 heteroatoms. The molecule has 0 atom stereocenters. The molecule has 0 fully saturated rings. The Morgan fingerprint density at radius 3 is 1.02 bits per heavy atom. The van der Waals surface area contributed by atoms with Gasteiger partial charge < -0.3 is 13.3 Å². The molecular formula is C75H87N6O3+3. The van der Waals surface area contributed by atoms with Crippen LogP contribution in [0.1, 0.15) is 143 Å². The fraction of sp³-hybridized carbons (Fsp3) is 0.360. The zero-order chi connectivity index (χ0) is 69.2. The quantitative estimate of drug-likeness (QED) is 0.154. The summed E-state index contributed by atoms with van der Waals surface area (Å²) in [7, 11) is 5.69. The van der Waals surface area contributed by atoms with Gasteiger partial charge in [-0.25, -0.2) is 28.7 Å². The van der Waals surface area contributed by atoms with Gasteiger partial charge in [0.1, 0.15) is 21.1 Å². The summed E-state index contributed by atoms with van der Waals surface area (Å²) in [5, 5.41) is 5.84. The number of furan rings is 3. The summed E-state index contributed by atoms with van der Waals surface area (Å²) in [6, 6.07) is 30.0. The van der Waals surface area contributed by atoms with Crippen molar-refractivity contribution in [2.45, 2.75) is 144 Å². The van der Waals surface area contributed by atoms with Gasteiger partial charge in [-0.15, -0.1) is 0 Å². The molecule has 432 valence electrons. The van der Waals surface area contributed by atoms with Crippen LogP contribution in [0.15, 0.2) is 123 Å². The molecule has 9 heterocycles. The number of hydrogen-bond donors (Lipinski definition) is 0. The van der Waals surface area contributed by atoms with E-state index in [1.807, 2.05) is 89.2 Å². The molecule has 3 aromatic carbocycles. The largest absolute Gasteiger partial charge is 0.437 e. The second-order valence-corrected chi connectivity index (χ2v) is 26.3. The van der Waals surface area contributed by atoms with E-state index in [0.717, 1.165) is 89.2 Å². The van der Waals surface area contributed by atoms with Gasteiger partial charge in [0.15, 0.2) is 35.3 Å². The highest BCUT2D eigenvalue weighted by atomic mass is 16.3. The first-order chi connectivity index (χ1) is 43.4. The minimum atomic E-state index is -2.45. The van der Waals surface area contributed by atoms with Crippen LogP contribution >= 0.6 is 0 Å². The molecule has 0 spiro atoms. The van der Waals surface area contributed by atoms with Crippen LogP contribution in [0.3, 0.4) is 0 Å². The fourth-order valence-electron chi connectivity index (χ4n) is 11.3. The third kappa shape index (κ3) is 12.0. The van der Waals surface area contributed by atoms with Crippen LogP contribution in [0.4, 0.5) is 0 Å². The van der Waals surface area contributed by atoms with E-state index in [2.05, 4.69) is 91.6 Å². The highest BCUT2D eigenvalue weighted by Gasteiger charge is 2.28. The fourth-order valence-corrected chi connectivity index (χ4v) is 11.3. The Balaban J connectivity index is 0.000000155. The molecule has 0 saturated carbocycles. The Labute approximate surface area is 511 Å². The van der Waals surface area contributed by atoms with Crippen molar-refractivity contribution in [3.63, 3.8) is 0 Å². The van der Waals surface area contributed by atoms with Gasteiger partial charge in [0, 0.05) is 98.0 Å². The molecule has 9 aromatic heterocycles. The summed E-state index contributed by atoms with van der Waals surface area (Å²) in [6.45, 7) is 26.8. The summed E-state index contributed by atoms with van der Waals surface area (Å²) in [4.78, 5) is 13.7. The second kappa shape index (κ2) is 22.2. The molecule has 12 aromatic rings. The predicted octanol–water partition coefficient (Wildman–Crippen LogP) is 18.0. The Bertz CT molecular complexity index is 4780. The number of hydrogen-bond acceptors (Lipinski definition) is 6. The third-order valence-corrected chi connectivity index (χ3v) is 15.2. The van der Waals surface area contributed by atoms with Gasteiger partial charge >= 0.3 is 0 Å². The maximum absolute atomic E-state index is 8.87. The minimum absolute atomic E-state index is 0.0143. The molecule has 0 amide bonds. The Morgan fingerprint density at radius 2 is 0.702 bits per heavy atom. The number of fused-ring (bicyclic) bond motifs is 9. The lowest BCUT2D eigenvalue weighted by Crippen LogP contribution is -2.32. The van der Waals surface area contributed by atoms with Crippen LogP contribution in [-0.4, -0.2) is 15.0 Å². The zero-order valence-corrected chi connectivity index (χ0v) is 52.5. The van der Waals surface area contributed by atoms with Crippen molar-refractivity contribution in [1.82, 2.24) is 15.0 Å². The van der Waals surface area contributed by atoms with Crippen LogP contribution in [0, 0.1) is 78.4 Å². The molecule has 0 aliphatic heterocycles. The first-order valence-corrected chi connectivity index (χ1v) is 28.9. The van der Waals surface area contributed by atoms with E-state index in [4.69, 9.17) is 27.0 Å². The number of rotatable bonds is 6. The number of pyridine rings is 6. The first kappa shape index (κ1) is 47.3. The van der Waals surface area contributed by atoms with Crippen molar-refractivity contribution >= 4 is 66.2 Å². The Hall–Kier alpha value is -8.04. The maximum Gasteiger partial charge on any atom is 0.227 e. The van der Waals surface area contributed by atoms with Crippen molar-refractivity contribution < 1.29 is 40.7 Å². The summed E-state index contributed by atoms with van der Waals surface area (Å²) in [5.41, 5.74) is 16.8. The van der Waals surface area contributed by atoms with Crippen LogP contribution in [0.25, 0.3) is 100.0 Å². The summed E-state index contributed by atoms with van der Waals surface area (Å²) in [6.07, 6.45) is 2.64. The molecule has 9 nitrogen and oxygen atoms in total. The smallest absolute Gasteiger partial charge is 0.227 e. The van der Waals surface area contributed by atoms with Gasteiger partial charge in [-0.2, -0.15) is 0 Å². The Morgan fingerprint density at radius 1 is 0.381 bits per heavy atom. The molecule has 0 aliphatic rings. The molecule has 0 radical (unpaired) electrons. The lowest BCUT2D eigenvalue weighted by atomic mass is 9.86. The van der Waals surface area contributed by atoms with E-state index in [9.17, 15) is 0 Å². The first-order valence-electron chi connectivity index (χ1n) is 33.9. The highest BCUT2D eigenvalue weighted by molar-refractivity contribution is 6.11. The van der Waals surface area contributed by atoms with Gasteiger partial charge in [-0.1, -0.05) is 98.7 Å². The van der Waals surface area contributed by atoms with Crippen molar-refractivity contribution in [2.75, 3.05) is 0 Å². The molecule has 0 aliphatic carbocycles. The molecule has 0 bridgehead atoms. The predicted molar refractivity (Wildman–Crippen MR) is 346 cm³/mol. The van der Waals surface area contributed by atoms with Gasteiger partial charge in [-0.3, -0.25) is 0 Å². The summed E-state index contributed by atoms with van der Waals surface area (Å²) < 4.78 is 108. The SMILES string of the molecule is Cc1ccc2c(n1)oc1c(-c3cc(C)c(CC(C)(C)C)c[n+]3C)c(C)ccc12.[2H]C([2H])([2H])c1c[n+](C)c(-c2c(C)ccc3c2oc2nc(C)ccc23)cc1C([2H])([2H])C(C)(C)C.[2H]C([2H])([2H])c1c[n+](C)c(-c2c(C)ccc3c2oc2nc(C)ccc23)cc1C([2H])([2H])C(C)(C)C. The average Bonchev–Trinajstić information content (AvgIpc) is 0.958.